The zero-order valence-corrected chi connectivity index (χ0v) is 13.2. The molecule has 2 N–H and O–H groups in total. The number of unbranched alkanes of at least 4 members (excludes halogenated alkanes) is 1. The van der Waals surface area contributed by atoms with Gasteiger partial charge in [0.2, 0.25) is 10.0 Å². The van der Waals surface area contributed by atoms with Gasteiger partial charge in [0, 0.05) is 6.61 Å². The van der Waals surface area contributed by atoms with Crippen LogP contribution in [0, 0.1) is 0 Å². The topological polar surface area (TPSA) is 95.7 Å². The van der Waals surface area contributed by atoms with Gasteiger partial charge in [-0.15, -0.1) is 0 Å². The third-order valence-corrected chi connectivity index (χ3v) is 3.83. The minimum Gasteiger partial charge on any atom is -0.460 e. The first kappa shape index (κ1) is 17.9. The number of nitrogens with two attached hydrogens (primary N) is 1. The summed E-state index contributed by atoms with van der Waals surface area (Å²) in [4.78, 5) is 11.6. The summed E-state index contributed by atoms with van der Waals surface area (Å²) in [6.07, 6.45) is 1.96. The number of sulfonamides is 1. The SMILES string of the molecule is CCCCOCCOC(=O)c1cc(S(N)(=O)=O)ccc1Cl. The largest absolute Gasteiger partial charge is 0.460 e. The highest BCUT2D eigenvalue weighted by Gasteiger charge is 2.16. The number of carbonyl (C=O) groups is 1. The average molecular weight is 336 g/mol. The molecule has 0 aliphatic rings. The van der Waals surface area contributed by atoms with E-state index in [2.05, 4.69) is 0 Å². The van der Waals surface area contributed by atoms with Crippen molar-refractivity contribution < 1.29 is 22.7 Å². The molecule has 1 aromatic carbocycles. The first-order valence-corrected chi connectivity index (χ1v) is 8.36. The normalized spacial score (nSPS) is 11.4. The molecule has 6 nitrogen and oxygen atoms in total. The fourth-order valence-electron chi connectivity index (χ4n) is 1.46. The Bertz CT molecular complexity index is 588. The quantitative estimate of drug-likeness (QED) is 0.578. The summed E-state index contributed by atoms with van der Waals surface area (Å²) in [5, 5.41) is 5.10. The average Bonchev–Trinajstić information content (AvgIpc) is 2.41. The van der Waals surface area contributed by atoms with Gasteiger partial charge in [-0.2, -0.15) is 0 Å². The maximum absolute atomic E-state index is 11.8. The minimum atomic E-state index is -3.90. The monoisotopic (exact) mass is 335 g/mol. The van der Waals surface area contributed by atoms with E-state index < -0.39 is 16.0 Å². The molecule has 0 spiro atoms. The van der Waals surface area contributed by atoms with E-state index in [4.69, 9.17) is 26.2 Å². The molecule has 0 heterocycles. The Morgan fingerprint density at radius 1 is 1.29 bits per heavy atom. The van der Waals surface area contributed by atoms with Gasteiger partial charge in [0.15, 0.2) is 0 Å². The fraction of sp³-hybridized carbons (Fsp3) is 0.462. The second-order valence-electron chi connectivity index (χ2n) is 4.29. The van der Waals surface area contributed by atoms with E-state index in [0.717, 1.165) is 18.9 Å². The standard InChI is InChI=1S/C13H18ClNO5S/c1-2-3-6-19-7-8-20-13(16)11-9-10(21(15,17)18)4-5-12(11)14/h4-5,9H,2-3,6-8H2,1H3,(H2,15,17,18). The summed E-state index contributed by atoms with van der Waals surface area (Å²) in [6, 6.07) is 3.61. The van der Waals surface area contributed by atoms with Crippen molar-refractivity contribution in [3.8, 4) is 0 Å². The highest BCUT2D eigenvalue weighted by molar-refractivity contribution is 7.89. The predicted octanol–water partition coefficient (Wildman–Crippen LogP) is 1.96. The molecule has 118 valence electrons. The number of esters is 1. The lowest BCUT2D eigenvalue weighted by molar-refractivity contribution is 0.0314. The molecule has 0 fully saturated rings. The van der Waals surface area contributed by atoms with Crippen LogP contribution in [0.5, 0.6) is 0 Å². The van der Waals surface area contributed by atoms with E-state index in [-0.39, 0.29) is 28.7 Å². The van der Waals surface area contributed by atoms with Crippen molar-refractivity contribution in [2.45, 2.75) is 24.7 Å². The molecule has 1 aromatic rings. The Hall–Kier alpha value is -1.15. The lowest BCUT2D eigenvalue weighted by atomic mass is 10.2. The van der Waals surface area contributed by atoms with Gasteiger partial charge in [0.1, 0.15) is 6.61 Å². The van der Waals surface area contributed by atoms with Crippen LogP contribution >= 0.6 is 11.6 Å². The van der Waals surface area contributed by atoms with E-state index >= 15 is 0 Å². The van der Waals surface area contributed by atoms with Crippen molar-refractivity contribution in [3.05, 3.63) is 28.8 Å². The summed E-state index contributed by atoms with van der Waals surface area (Å²) in [6.45, 7) is 3.00. The molecular formula is C13H18ClNO5S. The maximum atomic E-state index is 11.8. The Morgan fingerprint density at radius 3 is 2.62 bits per heavy atom. The van der Waals surface area contributed by atoms with Crippen LogP contribution in [0.4, 0.5) is 0 Å². The molecule has 0 saturated carbocycles. The number of primary sulfonamides is 1. The van der Waals surface area contributed by atoms with Crippen LogP contribution in [0.15, 0.2) is 23.1 Å². The molecule has 0 amide bonds. The van der Waals surface area contributed by atoms with Gasteiger partial charge in [-0.1, -0.05) is 24.9 Å². The van der Waals surface area contributed by atoms with Crippen LogP contribution in [0.25, 0.3) is 0 Å². The molecule has 0 bridgehead atoms. The van der Waals surface area contributed by atoms with Gasteiger partial charge in [-0.25, -0.2) is 18.4 Å². The van der Waals surface area contributed by atoms with Crippen molar-refractivity contribution in [1.29, 1.82) is 0 Å². The Labute approximate surface area is 129 Å². The summed E-state index contributed by atoms with van der Waals surface area (Å²) in [5.74, 6) is -0.718. The Kier molecular flexibility index (Phi) is 7.10. The van der Waals surface area contributed by atoms with Gasteiger partial charge in [0.25, 0.3) is 0 Å². The molecule has 1 rings (SSSR count). The first-order chi connectivity index (χ1) is 9.86. The molecule has 0 aromatic heterocycles. The van der Waals surface area contributed by atoms with Crippen LogP contribution in [-0.2, 0) is 19.5 Å². The van der Waals surface area contributed by atoms with Gasteiger partial charge >= 0.3 is 5.97 Å². The number of rotatable bonds is 8. The van der Waals surface area contributed by atoms with Crippen molar-refractivity contribution in [1.82, 2.24) is 0 Å². The molecule has 0 unspecified atom stereocenters. The van der Waals surface area contributed by atoms with Crippen LogP contribution in [0.1, 0.15) is 30.1 Å². The van der Waals surface area contributed by atoms with E-state index in [0.29, 0.717) is 6.61 Å². The molecule has 21 heavy (non-hydrogen) atoms. The van der Waals surface area contributed by atoms with Gasteiger partial charge in [-0.05, 0) is 24.6 Å². The molecular weight excluding hydrogens is 318 g/mol. The summed E-state index contributed by atoms with van der Waals surface area (Å²) in [5.41, 5.74) is -0.0447. The van der Waals surface area contributed by atoms with Crippen LogP contribution in [0.2, 0.25) is 5.02 Å². The Balaban J connectivity index is 2.62. The third-order valence-electron chi connectivity index (χ3n) is 2.59. The molecule has 0 aliphatic heterocycles. The zero-order chi connectivity index (χ0) is 15.9. The van der Waals surface area contributed by atoms with E-state index in [1.54, 1.807) is 0 Å². The first-order valence-electron chi connectivity index (χ1n) is 6.43. The lowest BCUT2D eigenvalue weighted by Crippen LogP contribution is -2.15. The summed E-state index contributed by atoms with van der Waals surface area (Å²) in [7, 11) is -3.90. The zero-order valence-electron chi connectivity index (χ0n) is 11.7. The van der Waals surface area contributed by atoms with E-state index in [1.165, 1.54) is 12.1 Å². The van der Waals surface area contributed by atoms with E-state index in [1.807, 2.05) is 6.92 Å². The Morgan fingerprint density at radius 2 is 2.00 bits per heavy atom. The van der Waals surface area contributed by atoms with E-state index in [9.17, 15) is 13.2 Å². The number of halogens is 1. The number of hydrogen-bond donors (Lipinski definition) is 1. The lowest BCUT2D eigenvalue weighted by Gasteiger charge is -2.08. The second-order valence-corrected chi connectivity index (χ2v) is 6.26. The minimum absolute atomic E-state index is 0.0447. The van der Waals surface area contributed by atoms with Crippen LogP contribution in [0.3, 0.4) is 0 Å². The molecule has 8 heteroatoms. The van der Waals surface area contributed by atoms with Gasteiger partial charge in [-0.3, -0.25) is 0 Å². The second kappa shape index (κ2) is 8.33. The van der Waals surface area contributed by atoms with Crippen molar-refractivity contribution in [2.24, 2.45) is 5.14 Å². The number of carbonyl (C=O) groups excluding carboxylic acids is 1. The molecule has 0 aliphatic carbocycles. The van der Waals surface area contributed by atoms with Crippen molar-refractivity contribution >= 4 is 27.6 Å². The number of hydrogen-bond acceptors (Lipinski definition) is 5. The highest BCUT2D eigenvalue weighted by Crippen LogP contribution is 2.20. The number of ether oxygens (including phenoxy) is 2. The predicted molar refractivity (Wildman–Crippen MR) is 78.8 cm³/mol. The van der Waals surface area contributed by atoms with Crippen LogP contribution < -0.4 is 5.14 Å². The molecule has 0 radical (unpaired) electrons. The molecule has 0 saturated heterocycles. The van der Waals surface area contributed by atoms with Crippen molar-refractivity contribution in [3.63, 3.8) is 0 Å². The maximum Gasteiger partial charge on any atom is 0.339 e. The smallest absolute Gasteiger partial charge is 0.339 e. The molecule has 0 atom stereocenters. The van der Waals surface area contributed by atoms with Gasteiger partial charge < -0.3 is 9.47 Å². The fourth-order valence-corrected chi connectivity index (χ4v) is 2.19. The van der Waals surface area contributed by atoms with Gasteiger partial charge in [0.05, 0.1) is 22.1 Å². The van der Waals surface area contributed by atoms with Crippen molar-refractivity contribution in [2.75, 3.05) is 19.8 Å². The number of benzene rings is 1. The third kappa shape index (κ3) is 6.01. The summed E-state index contributed by atoms with van der Waals surface area (Å²) < 4.78 is 32.7. The highest BCUT2D eigenvalue weighted by atomic mass is 35.5. The van der Waals surface area contributed by atoms with Crippen LogP contribution in [-0.4, -0.2) is 34.2 Å². The summed E-state index contributed by atoms with van der Waals surface area (Å²) >= 11 is 5.85.